The van der Waals surface area contributed by atoms with Crippen LogP contribution in [0.3, 0.4) is 0 Å². The number of rotatable bonds is 3. The van der Waals surface area contributed by atoms with Crippen LogP contribution >= 0.6 is 12.2 Å². The van der Waals surface area contributed by atoms with Crippen molar-refractivity contribution in [3.05, 3.63) is 35.9 Å². The summed E-state index contributed by atoms with van der Waals surface area (Å²) in [5.74, 6) is -0.997. The Kier molecular flexibility index (Phi) is 4.14. The molecule has 1 saturated heterocycles. The maximum absolute atomic E-state index is 12.4. The molecule has 1 fully saturated rings. The van der Waals surface area contributed by atoms with Crippen molar-refractivity contribution in [2.45, 2.75) is 18.1 Å². The van der Waals surface area contributed by atoms with Gasteiger partial charge in [-0.15, -0.1) is 0 Å². The highest BCUT2D eigenvalue weighted by Crippen LogP contribution is 2.22. The van der Waals surface area contributed by atoms with Crippen LogP contribution in [-0.4, -0.2) is 51.3 Å². The van der Waals surface area contributed by atoms with E-state index >= 15 is 0 Å². The fourth-order valence-corrected chi connectivity index (χ4v) is 2.44. The molecule has 0 radical (unpaired) electrons. The van der Waals surface area contributed by atoms with Crippen LogP contribution in [-0.2, 0) is 4.79 Å². The number of carbonyl (C=O) groups is 1. The predicted molar refractivity (Wildman–Crippen MR) is 74.6 cm³/mol. The molecule has 3 atom stereocenters. The number of hydrogen-bond acceptors (Lipinski definition) is 4. The summed E-state index contributed by atoms with van der Waals surface area (Å²) in [6, 6.07) is 9.02. The lowest BCUT2D eigenvalue weighted by Crippen LogP contribution is -2.39. The molecule has 0 bridgehead atoms. The van der Waals surface area contributed by atoms with Crippen LogP contribution in [0.5, 0.6) is 0 Å². The van der Waals surface area contributed by atoms with E-state index in [4.69, 9.17) is 18.0 Å². The Balaban J connectivity index is 2.21. The van der Waals surface area contributed by atoms with E-state index in [1.54, 1.807) is 12.1 Å². The molecule has 3 unspecified atom stereocenters. The summed E-state index contributed by atoms with van der Waals surface area (Å²) in [6.07, 6.45) is -1.82. The number of β-amino-alcohol motifs (C(OH)–C–C–N with tert-alkyl or cyclic N) is 2. The van der Waals surface area contributed by atoms with Gasteiger partial charge in [0.2, 0.25) is 5.91 Å². The van der Waals surface area contributed by atoms with Crippen LogP contribution in [0.15, 0.2) is 30.3 Å². The number of likely N-dealkylation sites (tertiary alicyclic amines) is 1. The van der Waals surface area contributed by atoms with Crippen LogP contribution in [0.25, 0.3) is 0 Å². The molecule has 1 amide bonds. The largest absolute Gasteiger partial charge is 0.392 e. The lowest BCUT2D eigenvalue weighted by Gasteiger charge is -2.22. The first-order valence-electron chi connectivity index (χ1n) is 6.00. The predicted octanol–water partition coefficient (Wildman–Crippen LogP) is -0.380. The van der Waals surface area contributed by atoms with E-state index in [0.29, 0.717) is 0 Å². The Morgan fingerprint density at radius 2 is 1.79 bits per heavy atom. The van der Waals surface area contributed by atoms with Crippen molar-refractivity contribution < 1.29 is 15.0 Å². The monoisotopic (exact) mass is 280 g/mol. The summed E-state index contributed by atoms with van der Waals surface area (Å²) >= 11 is 4.97. The van der Waals surface area contributed by atoms with Crippen molar-refractivity contribution in [2.24, 2.45) is 5.73 Å². The van der Waals surface area contributed by atoms with Crippen LogP contribution < -0.4 is 5.73 Å². The van der Waals surface area contributed by atoms with Gasteiger partial charge in [0, 0.05) is 13.1 Å². The topological polar surface area (TPSA) is 86.8 Å². The third-order valence-electron chi connectivity index (χ3n) is 3.24. The second-order valence-electron chi connectivity index (χ2n) is 4.62. The smallest absolute Gasteiger partial charge is 0.237 e. The van der Waals surface area contributed by atoms with Crippen molar-refractivity contribution in [2.75, 3.05) is 13.1 Å². The fraction of sp³-hybridized carbons (Fsp3) is 0.385. The number of nitrogens with two attached hydrogens (primary N) is 1. The molecule has 102 valence electrons. The molecule has 5 nitrogen and oxygen atoms in total. The van der Waals surface area contributed by atoms with Crippen molar-refractivity contribution in [3.8, 4) is 0 Å². The summed E-state index contributed by atoms with van der Waals surface area (Å²) < 4.78 is 0. The third kappa shape index (κ3) is 2.91. The molecular weight excluding hydrogens is 264 g/mol. The van der Waals surface area contributed by atoms with Gasteiger partial charge in [0.05, 0.1) is 17.2 Å². The number of hydrogen-bond donors (Lipinski definition) is 3. The van der Waals surface area contributed by atoms with Gasteiger partial charge in [-0.05, 0) is 5.56 Å². The van der Waals surface area contributed by atoms with Gasteiger partial charge in [-0.25, -0.2) is 0 Å². The molecule has 1 aromatic rings. The molecule has 1 aliphatic heterocycles. The molecule has 6 heteroatoms. The van der Waals surface area contributed by atoms with Crippen molar-refractivity contribution in [1.29, 1.82) is 0 Å². The zero-order chi connectivity index (χ0) is 14.0. The Hall–Kier alpha value is -1.50. The van der Waals surface area contributed by atoms with Crippen molar-refractivity contribution in [1.82, 2.24) is 4.90 Å². The average molecular weight is 280 g/mol. The average Bonchev–Trinajstić information content (AvgIpc) is 2.71. The van der Waals surface area contributed by atoms with Gasteiger partial charge in [0.1, 0.15) is 5.92 Å². The second kappa shape index (κ2) is 5.64. The van der Waals surface area contributed by atoms with E-state index in [1.165, 1.54) is 4.90 Å². The SMILES string of the molecule is NC(=S)C(C(=O)N1CC(O)C(O)C1)c1ccccc1. The number of thiocarbonyl (C=S) groups is 1. The Morgan fingerprint density at radius 3 is 2.26 bits per heavy atom. The molecule has 0 saturated carbocycles. The van der Waals surface area contributed by atoms with E-state index < -0.39 is 18.1 Å². The quantitative estimate of drug-likeness (QED) is 0.657. The second-order valence-corrected chi connectivity index (χ2v) is 5.10. The highest BCUT2D eigenvalue weighted by molar-refractivity contribution is 7.80. The highest BCUT2D eigenvalue weighted by Gasteiger charge is 2.36. The van der Waals surface area contributed by atoms with Gasteiger partial charge in [-0.3, -0.25) is 4.79 Å². The summed E-state index contributed by atoms with van der Waals surface area (Å²) in [7, 11) is 0. The van der Waals surface area contributed by atoms with Crippen LogP contribution in [0.4, 0.5) is 0 Å². The molecule has 4 N–H and O–H groups in total. The molecule has 1 aromatic carbocycles. The Bertz CT molecular complexity index is 470. The zero-order valence-corrected chi connectivity index (χ0v) is 11.1. The van der Waals surface area contributed by atoms with Gasteiger partial charge in [0.25, 0.3) is 0 Å². The van der Waals surface area contributed by atoms with Gasteiger partial charge < -0.3 is 20.8 Å². The van der Waals surface area contributed by atoms with E-state index in [2.05, 4.69) is 0 Å². The lowest BCUT2D eigenvalue weighted by molar-refractivity contribution is -0.130. The van der Waals surface area contributed by atoms with E-state index in [9.17, 15) is 15.0 Å². The minimum atomic E-state index is -0.910. The van der Waals surface area contributed by atoms with Crippen LogP contribution in [0, 0.1) is 0 Å². The summed E-state index contributed by atoms with van der Waals surface area (Å²) in [5, 5.41) is 19.0. The van der Waals surface area contributed by atoms with Crippen LogP contribution in [0.2, 0.25) is 0 Å². The molecule has 0 aliphatic carbocycles. The van der Waals surface area contributed by atoms with Gasteiger partial charge in [0.15, 0.2) is 0 Å². The number of aliphatic hydroxyl groups is 2. The van der Waals surface area contributed by atoms with E-state index in [-0.39, 0.29) is 24.0 Å². The summed E-state index contributed by atoms with van der Waals surface area (Å²) in [6.45, 7) is 0.206. The molecule has 2 rings (SSSR count). The standard InChI is InChI=1S/C13H16N2O3S/c14-12(19)11(8-4-2-1-3-5-8)13(18)15-6-9(16)10(17)7-15/h1-5,9-11,16-17H,6-7H2,(H2,14,19). The maximum Gasteiger partial charge on any atom is 0.237 e. The number of carbonyl (C=O) groups excluding carboxylic acids is 1. The minimum Gasteiger partial charge on any atom is -0.392 e. The first kappa shape index (κ1) is 13.9. The molecule has 0 aromatic heterocycles. The summed E-state index contributed by atoms with van der Waals surface area (Å²) in [5.41, 5.74) is 6.38. The molecule has 19 heavy (non-hydrogen) atoms. The first-order chi connectivity index (χ1) is 9.00. The molecule has 1 aliphatic rings. The fourth-order valence-electron chi connectivity index (χ4n) is 2.21. The first-order valence-corrected chi connectivity index (χ1v) is 6.40. The zero-order valence-electron chi connectivity index (χ0n) is 10.3. The van der Waals surface area contributed by atoms with Gasteiger partial charge in [-0.2, -0.15) is 0 Å². The number of benzene rings is 1. The molecular formula is C13H16N2O3S. The van der Waals surface area contributed by atoms with Crippen LogP contribution in [0.1, 0.15) is 11.5 Å². The third-order valence-corrected chi connectivity index (χ3v) is 3.47. The number of amides is 1. The number of nitrogens with zero attached hydrogens (tertiary/aromatic N) is 1. The minimum absolute atomic E-state index is 0.0899. The molecule has 0 spiro atoms. The Labute approximate surface area is 116 Å². The maximum atomic E-state index is 12.4. The normalized spacial score (nSPS) is 24.2. The van der Waals surface area contributed by atoms with Crippen molar-refractivity contribution >= 4 is 23.1 Å². The van der Waals surface area contributed by atoms with Gasteiger partial charge >= 0.3 is 0 Å². The van der Waals surface area contributed by atoms with Gasteiger partial charge in [-0.1, -0.05) is 42.5 Å². The number of aliphatic hydroxyl groups excluding tert-OH is 2. The van der Waals surface area contributed by atoms with Crippen molar-refractivity contribution in [3.63, 3.8) is 0 Å². The van der Waals surface area contributed by atoms with E-state index in [0.717, 1.165) is 5.56 Å². The lowest BCUT2D eigenvalue weighted by atomic mass is 9.97. The van der Waals surface area contributed by atoms with E-state index in [1.807, 2.05) is 18.2 Å². The molecule has 1 heterocycles. The highest BCUT2D eigenvalue weighted by atomic mass is 32.1. The summed E-state index contributed by atoms with van der Waals surface area (Å²) in [4.78, 5) is 13.9. The Morgan fingerprint density at radius 1 is 1.26 bits per heavy atom.